The summed E-state index contributed by atoms with van der Waals surface area (Å²) in [5.41, 5.74) is -0.490. The number of esters is 4. The highest BCUT2D eigenvalue weighted by atomic mass is 16.7. The minimum absolute atomic E-state index is 0.131. The molecule has 1 aromatic rings. The molecule has 202 valence electrons. The van der Waals surface area contributed by atoms with Crippen LogP contribution in [0.4, 0.5) is 5.69 Å². The molecule has 0 aliphatic carbocycles. The molecule has 1 heterocycles. The summed E-state index contributed by atoms with van der Waals surface area (Å²) >= 11 is 0. The van der Waals surface area contributed by atoms with Crippen LogP contribution in [0.2, 0.25) is 0 Å². The maximum absolute atomic E-state index is 13.0. The molecule has 0 aromatic heterocycles. The van der Waals surface area contributed by atoms with Gasteiger partial charge in [-0.2, -0.15) is 0 Å². The zero-order valence-corrected chi connectivity index (χ0v) is 20.4. The summed E-state index contributed by atoms with van der Waals surface area (Å²) in [6.07, 6.45) is -5.59. The number of carbonyl (C=O) groups excluding carboxylic acids is 5. The molecular formula is C22H26N2O13. The van der Waals surface area contributed by atoms with Crippen molar-refractivity contribution in [3.8, 4) is 0 Å². The van der Waals surface area contributed by atoms with E-state index in [2.05, 4.69) is 10.1 Å². The van der Waals surface area contributed by atoms with E-state index >= 15 is 0 Å². The Labute approximate surface area is 210 Å². The molecule has 1 saturated heterocycles. The number of nitro benzene ring substituents is 1. The summed E-state index contributed by atoms with van der Waals surface area (Å²) < 4.78 is 31.4. The fourth-order valence-electron chi connectivity index (χ4n) is 3.41. The van der Waals surface area contributed by atoms with Gasteiger partial charge in [-0.25, -0.2) is 4.79 Å². The van der Waals surface area contributed by atoms with Crippen LogP contribution in [0, 0.1) is 10.1 Å². The highest BCUT2D eigenvalue weighted by Gasteiger charge is 2.51. The maximum atomic E-state index is 13.0. The molecule has 0 saturated carbocycles. The number of amides is 1. The van der Waals surface area contributed by atoms with Crippen molar-refractivity contribution in [3.63, 3.8) is 0 Å². The fourth-order valence-corrected chi connectivity index (χ4v) is 3.41. The Hall–Kier alpha value is -4.11. The third kappa shape index (κ3) is 8.50. The zero-order chi connectivity index (χ0) is 27.7. The summed E-state index contributed by atoms with van der Waals surface area (Å²) in [6, 6.07) is 3.37. The normalized spacial score (nSPS) is 22.8. The number of carbonyl (C=O) groups is 5. The first-order chi connectivity index (χ1) is 17.4. The van der Waals surface area contributed by atoms with Crippen molar-refractivity contribution in [2.45, 2.75) is 51.4 Å². The van der Waals surface area contributed by atoms with Gasteiger partial charge in [0.05, 0.1) is 12.0 Å². The van der Waals surface area contributed by atoms with E-state index in [-0.39, 0.29) is 11.3 Å². The molecule has 37 heavy (non-hydrogen) atoms. The lowest BCUT2D eigenvalue weighted by Crippen LogP contribution is -2.66. The molecular weight excluding hydrogens is 500 g/mol. The van der Waals surface area contributed by atoms with E-state index in [4.69, 9.17) is 23.7 Å². The molecule has 1 aliphatic heterocycles. The number of non-ortho nitro benzene ring substituents is 1. The molecule has 1 aromatic carbocycles. The summed E-state index contributed by atoms with van der Waals surface area (Å²) in [5.74, 6) is -4.01. The Balaban J connectivity index is 2.49. The van der Waals surface area contributed by atoms with Crippen LogP contribution in [0.3, 0.4) is 0 Å². The lowest BCUT2D eigenvalue weighted by Gasteiger charge is -2.44. The van der Waals surface area contributed by atoms with Crippen molar-refractivity contribution >= 4 is 35.5 Å². The first-order valence-electron chi connectivity index (χ1n) is 10.8. The Morgan fingerprint density at radius 2 is 1.70 bits per heavy atom. The summed E-state index contributed by atoms with van der Waals surface area (Å²) in [7, 11) is 1.10. The third-order valence-electron chi connectivity index (χ3n) is 4.92. The SMILES string of the molecule is COC(=O)CO[C@@H]1[C@H](NC(=O)c2cccc([N+](=O)[O-])c2)[C@H](OC(C)=O)O[C@H](COC(C)=O)[C@@H]1OC(C)=O. The number of ether oxygens (including phenoxy) is 6. The molecule has 0 radical (unpaired) electrons. The van der Waals surface area contributed by atoms with Gasteiger partial charge in [-0.05, 0) is 6.07 Å². The predicted octanol–water partition coefficient (Wildman–Crippen LogP) is 0.0342. The second kappa shape index (κ2) is 13.3. The first kappa shape index (κ1) is 29.1. The van der Waals surface area contributed by atoms with Crippen molar-refractivity contribution in [2.24, 2.45) is 0 Å². The Morgan fingerprint density at radius 1 is 1.03 bits per heavy atom. The van der Waals surface area contributed by atoms with E-state index in [1.165, 1.54) is 18.2 Å². The first-order valence-corrected chi connectivity index (χ1v) is 10.8. The molecule has 2 rings (SSSR count). The number of nitro groups is 1. The van der Waals surface area contributed by atoms with E-state index in [1.54, 1.807) is 0 Å². The molecule has 0 unspecified atom stereocenters. The van der Waals surface area contributed by atoms with Gasteiger partial charge >= 0.3 is 23.9 Å². The van der Waals surface area contributed by atoms with E-state index in [1.807, 2.05) is 0 Å². The zero-order valence-electron chi connectivity index (χ0n) is 20.4. The largest absolute Gasteiger partial charge is 0.467 e. The van der Waals surface area contributed by atoms with Gasteiger partial charge in [0.1, 0.15) is 31.5 Å². The Morgan fingerprint density at radius 3 is 2.27 bits per heavy atom. The third-order valence-corrected chi connectivity index (χ3v) is 4.92. The van der Waals surface area contributed by atoms with Crippen molar-refractivity contribution in [1.29, 1.82) is 0 Å². The van der Waals surface area contributed by atoms with Crippen molar-refractivity contribution in [1.82, 2.24) is 5.32 Å². The van der Waals surface area contributed by atoms with Crippen LogP contribution in [-0.2, 0) is 47.6 Å². The Bertz CT molecular complexity index is 1040. The number of benzene rings is 1. The van der Waals surface area contributed by atoms with E-state index < -0.39 is 78.6 Å². The summed E-state index contributed by atoms with van der Waals surface area (Å²) in [6.45, 7) is 2.13. The van der Waals surface area contributed by atoms with Gasteiger partial charge in [-0.3, -0.25) is 29.3 Å². The van der Waals surface area contributed by atoms with Crippen LogP contribution < -0.4 is 5.32 Å². The number of methoxy groups -OCH3 is 1. The number of rotatable bonds is 10. The van der Waals surface area contributed by atoms with Crippen LogP contribution in [0.5, 0.6) is 0 Å². The van der Waals surface area contributed by atoms with Gasteiger partial charge < -0.3 is 33.7 Å². The topological polar surface area (TPSA) is 196 Å². The molecule has 0 spiro atoms. The molecule has 1 aliphatic rings. The van der Waals surface area contributed by atoms with Gasteiger partial charge in [0.2, 0.25) is 6.29 Å². The quantitative estimate of drug-likeness (QED) is 0.186. The molecule has 15 heteroatoms. The highest BCUT2D eigenvalue weighted by molar-refractivity contribution is 5.95. The smallest absolute Gasteiger partial charge is 0.331 e. The van der Waals surface area contributed by atoms with Gasteiger partial charge in [0, 0.05) is 38.5 Å². The van der Waals surface area contributed by atoms with E-state index in [9.17, 15) is 34.1 Å². The average Bonchev–Trinajstić information content (AvgIpc) is 2.83. The monoisotopic (exact) mass is 526 g/mol. The van der Waals surface area contributed by atoms with Crippen LogP contribution in [0.1, 0.15) is 31.1 Å². The molecule has 1 fully saturated rings. The van der Waals surface area contributed by atoms with Gasteiger partial charge in [-0.15, -0.1) is 0 Å². The number of nitrogens with one attached hydrogen (secondary N) is 1. The predicted molar refractivity (Wildman–Crippen MR) is 119 cm³/mol. The minimum atomic E-state index is -1.57. The van der Waals surface area contributed by atoms with Crippen molar-refractivity contribution in [3.05, 3.63) is 39.9 Å². The van der Waals surface area contributed by atoms with Crippen LogP contribution in [0.25, 0.3) is 0 Å². The molecule has 0 bridgehead atoms. The summed E-state index contributed by atoms with van der Waals surface area (Å²) in [4.78, 5) is 70.3. The van der Waals surface area contributed by atoms with Gasteiger partial charge in [0.15, 0.2) is 6.10 Å². The Kier molecular flexibility index (Phi) is 10.4. The average molecular weight is 526 g/mol. The second-order valence-corrected chi connectivity index (χ2v) is 7.69. The minimum Gasteiger partial charge on any atom is -0.467 e. The van der Waals surface area contributed by atoms with Crippen LogP contribution in [-0.4, -0.2) is 85.7 Å². The van der Waals surface area contributed by atoms with E-state index in [0.717, 1.165) is 33.9 Å². The molecule has 1 N–H and O–H groups in total. The van der Waals surface area contributed by atoms with Crippen molar-refractivity contribution in [2.75, 3.05) is 20.3 Å². The number of hydrogen-bond acceptors (Lipinski definition) is 13. The molecule has 5 atom stereocenters. The van der Waals surface area contributed by atoms with Crippen LogP contribution >= 0.6 is 0 Å². The van der Waals surface area contributed by atoms with Gasteiger partial charge in [0.25, 0.3) is 11.6 Å². The standard InChI is InChI=1S/C22H26N2O13/c1-11(25)33-9-16-19(35-12(2)26)20(34-10-17(28)32-4)18(22(37-16)36-13(3)27)23-21(29)14-6-5-7-15(8-14)24(30)31/h5-8,16,18-20,22H,9-10H2,1-4H3,(H,23,29)/t16-,18+,19+,20-,22-/m1/s1. The van der Waals surface area contributed by atoms with Crippen molar-refractivity contribution < 1.29 is 57.3 Å². The maximum Gasteiger partial charge on any atom is 0.331 e. The van der Waals surface area contributed by atoms with E-state index in [0.29, 0.717) is 0 Å². The lowest BCUT2D eigenvalue weighted by atomic mass is 9.95. The number of hydrogen-bond donors (Lipinski definition) is 1. The van der Waals surface area contributed by atoms with Gasteiger partial charge in [-0.1, -0.05) is 6.07 Å². The van der Waals surface area contributed by atoms with Crippen LogP contribution in [0.15, 0.2) is 24.3 Å². The summed E-state index contributed by atoms with van der Waals surface area (Å²) in [5, 5.41) is 13.6. The second-order valence-electron chi connectivity index (χ2n) is 7.69. The molecule has 15 nitrogen and oxygen atoms in total. The fraction of sp³-hybridized carbons (Fsp3) is 0.500. The highest BCUT2D eigenvalue weighted by Crippen LogP contribution is 2.28. The number of nitrogens with zero attached hydrogens (tertiary/aromatic N) is 1. The molecule has 1 amide bonds. The lowest BCUT2D eigenvalue weighted by molar-refractivity contribution is -0.384.